The summed E-state index contributed by atoms with van der Waals surface area (Å²) in [7, 11) is 0. The Kier molecular flexibility index (Phi) is 5.58. The summed E-state index contributed by atoms with van der Waals surface area (Å²) < 4.78 is 2.77. The summed E-state index contributed by atoms with van der Waals surface area (Å²) in [5.74, 6) is -0.312. The van der Waals surface area contributed by atoms with Gasteiger partial charge in [0.25, 0.3) is 5.56 Å². The van der Waals surface area contributed by atoms with E-state index in [-0.39, 0.29) is 18.0 Å². The number of rotatable bonds is 6. The number of para-hydroxylation sites is 1. The highest BCUT2D eigenvalue weighted by Gasteiger charge is 2.14. The number of nitrogens with one attached hydrogen (secondary N) is 1. The molecule has 0 radical (unpaired) electrons. The van der Waals surface area contributed by atoms with Crippen LogP contribution in [-0.2, 0) is 24.3 Å². The standard InChI is InChI=1S/C21H19ClN6O2/c1-2-15-5-3-4-6-17(15)24-18(29)12-27-13-23-20-19(21(27)30)25-26-28(20)11-14-7-9-16(22)10-8-14/h3-10,13H,2,11-12H2,1H3,(H,24,29). The number of benzene rings is 2. The van der Waals surface area contributed by atoms with Crippen LogP contribution in [0.2, 0.25) is 5.02 Å². The summed E-state index contributed by atoms with van der Waals surface area (Å²) in [6.45, 7) is 2.25. The molecule has 4 rings (SSSR count). The molecule has 0 fully saturated rings. The average Bonchev–Trinajstić information content (AvgIpc) is 3.15. The first-order chi connectivity index (χ1) is 14.5. The van der Waals surface area contributed by atoms with Gasteiger partial charge in [-0.25, -0.2) is 9.67 Å². The highest BCUT2D eigenvalue weighted by atomic mass is 35.5. The van der Waals surface area contributed by atoms with Crippen molar-refractivity contribution >= 4 is 34.4 Å². The quantitative estimate of drug-likeness (QED) is 0.515. The third kappa shape index (κ3) is 4.08. The van der Waals surface area contributed by atoms with E-state index in [4.69, 9.17) is 11.6 Å². The fraction of sp³-hybridized carbons (Fsp3) is 0.190. The number of fused-ring (bicyclic) bond motifs is 1. The molecule has 152 valence electrons. The molecule has 1 N–H and O–H groups in total. The van der Waals surface area contributed by atoms with E-state index in [2.05, 4.69) is 20.6 Å². The Morgan fingerprint density at radius 3 is 2.67 bits per heavy atom. The van der Waals surface area contributed by atoms with Gasteiger partial charge >= 0.3 is 0 Å². The highest BCUT2D eigenvalue weighted by molar-refractivity contribution is 6.30. The molecule has 0 spiro atoms. The molecule has 4 aromatic rings. The second-order valence-corrected chi connectivity index (χ2v) is 7.22. The molecule has 1 amide bonds. The molecule has 2 aromatic heterocycles. The second-order valence-electron chi connectivity index (χ2n) is 6.78. The van der Waals surface area contributed by atoms with Crippen molar-refractivity contribution in [2.24, 2.45) is 0 Å². The number of halogens is 1. The number of hydrogen-bond donors (Lipinski definition) is 1. The van der Waals surface area contributed by atoms with Crippen molar-refractivity contribution in [2.45, 2.75) is 26.4 Å². The Morgan fingerprint density at radius 2 is 1.90 bits per heavy atom. The number of aromatic nitrogens is 5. The van der Waals surface area contributed by atoms with Crippen LogP contribution in [0.5, 0.6) is 0 Å². The number of anilines is 1. The summed E-state index contributed by atoms with van der Waals surface area (Å²) in [6.07, 6.45) is 2.14. The van der Waals surface area contributed by atoms with Crippen molar-refractivity contribution < 1.29 is 4.79 Å². The van der Waals surface area contributed by atoms with E-state index in [1.807, 2.05) is 43.3 Å². The van der Waals surface area contributed by atoms with Crippen LogP contribution in [0.15, 0.2) is 59.7 Å². The molecule has 0 aliphatic carbocycles. The van der Waals surface area contributed by atoms with Crippen LogP contribution in [0.4, 0.5) is 5.69 Å². The topological polar surface area (TPSA) is 94.7 Å². The fourth-order valence-corrected chi connectivity index (χ4v) is 3.29. The van der Waals surface area contributed by atoms with Crippen LogP contribution >= 0.6 is 11.6 Å². The monoisotopic (exact) mass is 422 g/mol. The van der Waals surface area contributed by atoms with Gasteiger partial charge in [0.1, 0.15) is 12.9 Å². The first-order valence-corrected chi connectivity index (χ1v) is 9.83. The van der Waals surface area contributed by atoms with Gasteiger partial charge in [0, 0.05) is 10.7 Å². The predicted octanol–water partition coefficient (Wildman–Crippen LogP) is 2.89. The van der Waals surface area contributed by atoms with E-state index < -0.39 is 5.56 Å². The summed E-state index contributed by atoms with van der Waals surface area (Å²) in [5.41, 5.74) is 2.78. The summed E-state index contributed by atoms with van der Waals surface area (Å²) in [4.78, 5) is 29.5. The zero-order valence-corrected chi connectivity index (χ0v) is 17.0. The minimum Gasteiger partial charge on any atom is -0.324 e. The first kappa shape index (κ1) is 19.8. The summed E-state index contributed by atoms with van der Waals surface area (Å²) in [5, 5.41) is 11.5. The SMILES string of the molecule is CCc1ccccc1NC(=O)Cn1cnc2c(nnn2Cc2ccc(Cl)cc2)c1=O. The van der Waals surface area contributed by atoms with Gasteiger partial charge in [0.2, 0.25) is 5.91 Å². The molecule has 2 aromatic carbocycles. The summed E-state index contributed by atoms with van der Waals surface area (Å²) in [6, 6.07) is 14.9. The zero-order valence-electron chi connectivity index (χ0n) is 16.2. The van der Waals surface area contributed by atoms with E-state index in [9.17, 15) is 9.59 Å². The molecular weight excluding hydrogens is 404 g/mol. The van der Waals surface area contributed by atoms with Crippen LogP contribution in [0.25, 0.3) is 11.2 Å². The van der Waals surface area contributed by atoms with Crippen LogP contribution in [0.3, 0.4) is 0 Å². The Bertz CT molecular complexity index is 1260. The fourth-order valence-electron chi connectivity index (χ4n) is 3.16. The average molecular weight is 423 g/mol. The smallest absolute Gasteiger partial charge is 0.283 e. The number of amides is 1. The normalized spacial score (nSPS) is 11.0. The second kappa shape index (κ2) is 8.46. The lowest BCUT2D eigenvalue weighted by atomic mass is 10.1. The van der Waals surface area contributed by atoms with Crippen molar-refractivity contribution in [1.82, 2.24) is 24.5 Å². The molecule has 0 aliphatic rings. The Labute approximate surface area is 177 Å². The number of carbonyl (C=O) groups is 1. The van der Waals surface area contributed by atoms with Crippen molar-refractivity contribution in [3.05, 3.63) is 81.4 Å². The predicted molar refractivity (Wildman–Crippen MR) is 115 cm³/mol. The van der Waals surface area contributed by atoms with Crippen molar-refractivity contribution in [2.75, 3.05) is 5.32 Å². The van der Waals surface area contributed by atoms with Crippen LogP contribution < -0.4 is 10.9 Å². The molecular formula is C21H19ClN6O2. The Balaban J connectivity index is 1.54. The van der Waals surface area contributed by atoms with Crippen LogP contribution in [0, 0.1) is 0 Å². The van der Waals surface area contributed by atoms with E-state index in [0.717, 1.165) is 23.2 Å². The lowest BCUT2D eigenvalue weighted by Gasteiger charge is -2.10. The third-order valence-electron chi connectivity index (χ3n) is 4.72. The minimum absolute atomic E-state index is 0.119. The molecule has 0 bridgehead atoms. The van der Waals surface area contributed by atoms with Crippen molar-refractivity contribution in [3.63, 3.8) is 0 Å². The van der Waals surface area contributed by atoms with Gasteiger partial charge in [-0.2, -0.15) is 0 Å². The lowest BCUT2D eigenvalue weighted by molar-refractivity contribution is -0.116. The molecule has 8 nitrogen and oxygen atoms in total. The van der Waals surface area contributed by atoms with E-state index in [0.29, 0.717) is 17.2 Å². The van der Waals surface area contributed by atoms with Gasteiger partial charge in [-0.1, -0.05) is 54.1 Å². The van der Waals surface area contributed by atoms with Gasteiger partial charge < -0.3 is 5.32 Å². The number of nitrogens with zero attached hydrogens (tertiary/aromatic N) is 5. The van der Waals surface area contributed by atoms with E-state index in [1.165, 1.54) is 10.9 Å². The van der Waals surface area contributed by atoms with Gasteiger partial charge in [0.15, 0.2) is 11.2 Å². The Hall–Kier alpha value is -3.52. The minimum atomic E-state index is -0.415. The van der Waals surface area contributed by atoms with Crippen molar-refractivity contribution in [1.29, 1.82) is 0 Å². The largest absolute Gasteiger partial charge is 0.324 e. The number of aryl methyl sites for hydroxylation is 1. The maximum Gasteiger partial charge on any atom is 0.283 e. The molecule has 0 unspecified atom stereocenters. The molecule has 0 atom stereocenters. The van der Waals surface area contributed by atoms with Gasteiger partial charge in [-0.3, -0.25) is 14.2 Å². The van der Waals surface area contributed by atoms with Crippen LogP contribution in [0.1, 0.15) is 18.1 Å². The molecule has 0 saturated carbocycles. The number of carbonyl (C=O) groups excluding carboxylic acids is 1. The zero-order chi connectivity index (χ0) is 21.1. The van der Waals surface area contributed by atoms with Gasteiger partial charge in [0.05, 0.1) is 6.54 Å². The molecule has 9 heteroatoms. The van der Waals surface area contributed by atoms with E-state index in [1.54, 1.807) is 16.8 Å². The third-order valence-corrected chi connectivity index (χ3v) is 4.98. The first-order valence-electron chi connectivity index (χ1n) is 9.46. The van der Waals surface area contributed by atoms with E-state index >= 15 is 0 Å². The molecule has 0 saturated heterocycles. The van der Waals surface area contributed by atoms with Gasteiger partial charge in [-0.05, 0) is 35.7 Å². The lowest BCUT2D eigenvalue weighted by Crippen LogP contribution is -2.28. The number of hydrogen-bond acceptors (Lipinski definition) is 5. The maximum absolute atomic E-state index is 12.8. The molecule has 30 heavy (non-hydrogen) atoms. The molecule has 2 heterocycles. The van der Waals surface area contributed by atoms with Gasteiger partial charge in [-0.15, -0.1) is 5.10 Å². The Morgan fingerprint density at radius 1 is 1.13 bits per heavy atom. The maximum atomic E-state index is 12.8. The summed E-state index contributed by atoms with van der Waals surface area (Å²) >= 11 is 5.91. The van der Waals surface area contributed by atoms with Crippen molar-refractivity contribution in [3.8, 4) is 0 Å². The van der Waals surface area contributed by atoms with Crippen LogP contribution in [-0.4, -0.2) is 30.5 Å². The molecule has 0 aliphatic heterocycles. The highest BCUT2D eigenvalue weighted by Crippen LogP contribution is 2.15.